The second kappa shape index (κ2) is 4.69. The predicted molar refractivity (Wildman–Crippen MR) is 50.5 cm³/mol. The van der Waals surface area contributed by atoms with Crippen LogP contribution < -0.4 is 10.5 Å². The van der Waals surface area contributed by atoms with Gasteiger partial charge in [-0.25, -0.2) is 0 Å². The predicted octanol–water partition coefficient (Wildman–Crippen LogP) is 1.32. The number of para-hydroxylation sites is 2. The molecular formula is C9H14N2O2. The van der Waals surface area contributed by atoms with E-state index in [0.29, 0.717) is 18.0 Å². The quantitative estimate of drug-likeness (QED) is 0.419. The van der Waals surface area contributed by atoms with Gasteiger partial charge in [0.05, 0.1) is 5.69 Å². The summed E-state index contributed by atoms with van der Waals surface area (Å²) < 4.78 is 5.24. The Morgan fingerprint density at radius 1 is 1.46 bits per heavy atom. The standard InChI is InChI=1S/C9H14N2O2/c1-2-11(12)7-13-9-6-4-3-5-8(9)10/h3-6,12H,2,7,10H2,1H3. The maximum Gasteiger partial charge on any atom is 0.163 e. The molecule has 0 bridgehead atoms. The number of anilines is 1. The van der Waals surface area contributed by atoms with Gasteiger partial charge in [-0.15, -0.1) is 0 Å². The van der Waals surface area contributed by atoms with Gasteiger partial charge in [0.1, 0.15) is 5.75 Å². The van der Waals surface area contributed by atoms with Gasteiger partial charge in [-0.3, -0.25) is 0 Å². The lowest BCUT2D eigenvalue weighted by atomic mass is 10.3. The van der Waals surface area contributed by atoms with Crippen molar-refractivity contribution in [2.75, 3.05) is 19.0 Å². The summed E-state index contributed by atoms with van der Waals surface area (Å²) in [6, 6.07) is 7.18. The number of benzene rings is 1. The van der Waals surface area contributed by atoms with E-state index in [1.807, 2.05) is 19.1 Å². The number of hydrogen-bond donors (Lipinski definition) is 2. The Morgan fingerprint density at radius 2 is 2.15 bits per heavy atom. The molecule has 0 amide bonds. The zero-order chi connectivity index (χ0) is 9.68. The van der Waals surface area contributed by atoms with Gasteiger partial charge >= 0.3 is 0 Å². The zero-order valence-corrected chi connectivity index (χ0v) is 7.60. The van der Waals surface area contributed by atoms with Gasteiger partial charge in [0.2, 0.25) is 0 Å². The summed E-state index contributed by atoms with van der Waals surface area (Å²) in [5.74, 6) is 0.593. The Hall–Kier alpha value is -1.26. The highest BCUT2D eigenvalue weighted by molar-refractivity contribution is 5.51. The monoisotopic (exact) mass is 182 g/mol. The van der Waals surface area contributed by atoms with Crippen LogP contribution in [0.4, 0.5) is 5.69 Å². The van der Waals surface area contributed by atoms with E-state index in [2.05, 4.69) is 0 Å². The van der Waals surface area contributed by atoms with E-state index >= 15 is 0 Å². The highest BCUT2D eigenvalue weighted by Gasteiger charge is 2.00. The SMILES string of the molecule is CCN(O)COc1ccccc1N. The van der Waals surface area contributed by atoms with Crippen molar-refractivity contribution in [1.29, 1.82) is 0 Å². The van der Waals surface area contributed by atoms with E-state index in [1.165, 1.54) is 0 Å². The molecule has 0 saturated carbocycles. The number of rotatable bonds is 4. The summed E-state index contributed by atoms with van der Waals surface area (Å²) in [6.07, 6.45) is 0. The van der Waals surface area contributed by atoms with Crippen molar-refractivity contribution in [1.82, 2.24) is 5.06 Å². The first-order valence-corrected chi connectivity index (χ1v) is 4.15. The van der Waals surface area contributed by atoms with Crippen LogP contribution in [0.2, 0.25) is 0 Å². The first-order valence-electron chi connectivity index (χ1n) is 4.15. The molecule has 0 heterocycles. The lowest BCUT2D eigenvalue weighted by Crippen LogP contribution is -2.24. The number of hydroxylamine groups is 2. The minimum atomic E-state index is 0.130. The molecule has 0 aliphatic rings. The highest BCUT2D eigenvalue weighted by Crippen LogP contribution is 2.19. The Bertz CT molecular complexity index is 266. The summed E-state index contributed by atoms with van der Waals surface area (Å²) in [6.45, 7) is 2.48. The fourth-order valence-electron chi connectivity index (χ4n) is 0.847. The zero-order valence-electron chi connectivity index (χ0n) is 7.60. The minimum absolute atomic E-state index is 0.130. The van der Waals surface area contributed by atoms with E-state index in [0.717, 1.165) is 5.06 Å². The molecule has 0 aliphatic carbocycles. The van der Waals surface area contributed by atoms with Crippen LogP contribution in [0, 0.1) is 0 Å². The summed E-state index contributed by atoms with van der Waals surface area (Å²) in [7, 11) is 0. The lowest BCUT2D eigenvalue weighted by molar-refractivity contribution is -0.130. The van der Waals surface area contributed by atoms with Crippen LogP contribution in [0.1, 0.15) is 6.92 Å². The van der Waals surface area contributed by atoms with E-state index in [4.69, 9.17) is 15.7 Å². The van der Waals surface area contributed by atoms with Crippen molar-refractivity contribution in [3.05, 3.63) is 24.3 Å². The molecule has 3 N–H and O–H groups in total. The van der Waals surface area contributed by atoms with Crippen molar-refractivity contribution >= 4 is 5.69 Å². The van der Waals surface area contributed by atoms with Crippen molar-refractivity contribution in [3.63, 3.8) is 0 Å². The molecule has 1 aromatic carbocycles. The van der Waals surface area contributed by atoms with Crippen molar-refractivity contribution < 1.29 is 9.94 Å². The maximum absolute atomic E-state index is 9.08. The first-order chi connectivity index (χ1) is 6.24. The maximum atomic E-state index is 9.08. The molecule has 72 valence electrons. The van der Waals surface area contributed by atoms with Gasteiger partial charge in [0, 0.05) is 6.54 Å². The van der Waals surface area contributed by atoms with Crippen LogP contribution in [0.15, 0.2) is 24.3 Å². The fraction of sp³-hybridized carbons (Fsp3) is 0.333. The molecule has 0 radical (unpaired) electrons. The smallest absolute Gasteiger partial charge is 0.163 e. The minimum Gasteiger partial charge on any atom is -0.474 e. The van der Waals surface area contributed by atoms with Crippen LogP contribution in [0.3, 0.4) is 0 Å². The molecule has 0 spiro atoms. The van der Waals surface area contributed by atoms with Crippen LogP contribution in [-0.2, 0) is 0 Å². The van der Waals surface area contributed by atoms with Gasteiger partial charge in [-0.05, 0) is 19.1 Å². The van der Waals surface area contributed by atoms with Crippen molar-refractivity contribution in [2.45, 2.75) is 6.92 Å². The third kappa shape index (κ3) is 2.93. The average molecular weight is 182 g/mol. The Labute approximate surface area is 77.5 Å². The van der Waals surface area contributed by atoms with Gasteiger partial charge in [0.25, 0.3) is 0 Å². The third-order valence-corrected chi connectivity index (χ3v) is 1.65. The van der Waals surface area contributed by atoms with Gasteiger partial charge in [-0.2, -0.15) is 5.06 Å². The molecular weight excluding hydrogens is 168 g/mol. The van der Waals surface area contributed by atoms with Gasteiger partial charge in [-0.1, -0.05) is 12.1 Å². The molecule has 4 nitrogen and oxygen atoms in total. The van der Waals surface area contributed by atoms with Crippen LogP contribution in [0.5, 0.6) is 5.75 Å². The van der Waals surface area contributed by atoms with Crippen molar-refractivity contribution in [2.24, 2.45) is 0 Å². The van der Waals surface area contributed by atoms with E-state index in [-0.39, 0.29) is 6.73 Å². The number of nitrogen functional groups attached to an aromatic ring is 1. The molecule has 0 saturated heterocycles. The van der Waals surface area contributed by atoms with Crippen molar-refractivity contribution in [3.8, 4) is 5.75 Å². The highest BCUT2D eigenvalue weighted by atomic mass is 16.6. The molecule has 4 heteroatoms. The Balaban J connectivity index is 2.50. The number of ether oxygens (including phenoxy) is 1. The van der Waals surface area contributed by atoms with E-state index < -0.39 is 0 Å². The second-order valence-corrected chi connectivity index (χ2v) is 2.63. The molecule has 0 aliphatic heterocycles. The topological polar surface area (TPSA) is 58.7 Å². The fourth-order valence-corrected chi connectivity index (χ4v) is 0.847. The van der Waals surface area contributed by atoms with Gasteiger partial charge < -0.3 is 15.7 Å². The van der Waals surface area contributed by atoms with E-state index in [9.17, 15) is 0 Å². The number of hydrogen-bond acceptors (Lipinski definition) is 4. The summed E-state index contributed by atoms with van der Waals surface area (Å²) >= 11 is 0. The largest absolute Gasteiger partial charge is 0.474 e. The molecule has 0 aromatic heterocycles. The number of nitrogens with zero attached hydrogens (tertiary/aromatic N) is 1. The summed E-state index contributed by atoms with van der Waals surface area (Å²) in [5, 5.41) is 10.1. The van der Waals surface area contributed by atoms with Gasteiger partial charge in [0.15, 0.2) is 6.73 Å². The first kappa shape index (κ1) is 9.83. The Morgan fingerprint density at radius 3 is 2.77 bits per heavy atom. The number of nitrogens with two attached hydrogens (primary N) is 1. The van der Waals surface area contributed by atoms with Crippen LogP contribution in [-0.4, -0.2) is 23.5 Å². The molecule has 13 heavy (non-hydrogen) atoms. The Kier molecular flexibility index (Phi) is 3.54. The summed E-state index contributed by atoms with van der Waals surface area (Å²) in [4.78, 5) is 0. The third-order valence-electron chi connectivity index (χ3n) is 1.65. The second-order valence-electron chi connectivity index (χ2n) is 2.63. The summed E-state index contributed by atoms with van der Waals surface area (Å²) in [5.41, 5.74) is 6.20. The molecule has 0 unspecified atom stereocenters. The molecule has 0 atom stereocenters. The average Bonchev–Trinajstić information content (AvgIpc) is 2.16. The lowest BCUT2D eigenvalue weighted by Gasteiger charge is -2.14. The molecule has 0 fully saturated rings. The van der Waals surface area contributed by atoms with Crippen LogP contribution in [0.25, 0.3) is 0 Å². The molecule has 1 aromatic rings. The van der Waals surface area contributed by atoms with E-state index in [1.54, 1.807) is 12.1 Å². The molecule has 1 rings (SSSR count). The normalized spacial score (nSPS) is 10.4. The van der Waals surface area contributed by atoms with Crippen LogP contribution >= 0.6 is 0 Å².